The molecule has 1 unspecified atom stereocenters. The van der Waals surface area contributed by atoms with Gasteiger partial charge in [-0.2, -0.15) is 0 Å². The molecule has 4 aromatic rings. The quantitative estimate of drug-likeness (QED) is 0.332. The molecule has 37 heavy (non-hydrogen) atoms. The van der Waals surface area contributed by atoms with Gasteiger partial charge in [0.25, 0.3) is 0 Å². The molecule has 5 rings (SSSR count). The maximum Gasteiger partial charge on any atom is 0.407 e. The lowest BCUT2D eigenvalue weighted by Crippen LogP contribution is -2.43. The van der Waals surface area contributed by atoms with Crippen LogP contribution in [0.25, 0.3) is 11.1 Å². The molecular weight excluding hydrogens is 470 g/mol. The van der Waals surface area contributed by atoms with Crippen molar-refractivity contribution >= 4 is 12.1 Å². The van der Waals surface area contributed by atoms with Gasteiger partial charge in [-0.25, -0.2) is 14.6 Å². The van der Waals surface area contributed by atoms with Crippen molar-refractivity contribution in [1.82, 2.24) is 14.9 Å². The van der Waals surface area contributed by atoms with E-state index >= 15 is 0 Å². The van der Waals surface area contributed by atoms with E-state index < -0.39 is 18.1 Å². The van der Waals surface area contributed by atoms with Crippen LogP contribution in [0.3, 0.4) is 0 Å². The molecule has 188 valence electrons. The number of ether oxygens (including phenoxy) is 2. The molecule has 0 spiro atoms. The molecule has 0 fully saturated rings. The van der Waals surface area contributed by atoms with Crippen LogP contribution >= 0.6 is 0 Å². The lowest BCUT2D eigenvalue weighted by atomic mass is 9.98. The third-order valence-corrected chi connectivity index (χ3v) is 6.49. The Kier molecular flexibility index (Phi) is 7.28. The molecule has 0 aliphatic heterocycles. The number of rotatable bonds is 10. The molecule has 1 amide bonds. The van der Waals surface area contributed by atoms with Crippen LogP contribution < -0.4 is 5.32 Å². The summed E-state index contributed by atoms with van der Waals surface area (Å²) in [5.74, 6) is -1.27. The number of hydrogen-bond donors (Lipinski definition) is 2. The molecule has 0 saturated heterocycles. The summed E-state index contributed by atoms with van der Waals surface area (Å²) in [4.78, 5) is 28.7. The topological polar surface area (TPSA) is 103 Å². The first-order chi connectivity index (χ1) is 18.1. The van der Waals surface area contributed by atoms with Gasteiger partial charge in [0.1, 0.15) is 19.4 Å². The van der Waals surface area contributed by atoms with E-state index in [9.17, 15) is 14.7 Å². The highest BCUT2D eigenvalue weighted by molar-refractivity contribution is 5.81. The van der Waals surface area contributed by atoms with Crippen LogP contribution in [0.1, 0.15) is 28.3 Å². The monoisotopic (exact) mass is 497 g/mol. The van der Waals surface area contributed by atoms with E-state index in [4.69, 9.17) is 9.47 Å². The third kappa shape index (κ3) is 5.54. The molecule has 1 aromatic heterocycles. The number of alkyl carbamates (subject to hydrolysis) is 1. The Balaban J connectivity index is 1.18. The summed E-state index contributed by atoms with van der Waals surface area (Å²) in [7, 11) is 0. The zero-order valence-electron chi connectivity index (χ0n) is 20.1. The smallest absolute Gasteiger partial charge is 0.407 e. The molecule has 1 aliphatic rings. The van der Waals surface area contributed by atoms with Crippen molar-refractivity contribution in [3.8, 4) is 11.1 Å². The van der Waals surface area contributed by atoms with E-state index in [2.05, 4.69) is 22.4 Å². The van der Waals surface area contributed by atoms with Gasteiger partial charge in [0, 0.05) is 24.2 Å². The van der Waals surface area contributed by atoms with Crippen molar-refractivity contribution in [3.63, 3.8) is 0 Å². The van der Waals surface area contributed by atoms with Crippen molar-refractivity contribution in [2.75, 3.05) is 6.61 Å². The number of aliphatic carboxylic acids is 1. The number of carboxylic acids is 1. The second-order valence-corrected chi connectivity index (χ2v) is 8.88. The summed E-state index contributed by atoms with van der Waals surface area (Å²) in [5, 5.41) is 12.2. The van der Waals surface area contributed by atoms with E-state index in [0.29, 0.717) is 12.3 Å². The number of carbonyl (C=O) groups excluding carboxylic acids is 1. The fraction of sp³-hybridized carbons (Fsp3) is 0.207. The molecular formula is C29H27N3O5. The highest BCUT2D eigenvalue weighted by Gasteiger charge is 2.30. The molecule has 1 aliphatic carbocycles. The summed E-state index contributed by atoms with van der Waals surface area (Å²) in [6, 6.07) is 24.6. The Labute approximate surface area is 214 Å². The van der Waals surface area contributed by atoms with Gasteiger partial charge in [-0.1, -0.05) is 78.9 Å². The number of imidazole rings is 1. The summed E-state index contributed by atoms with van der Waals surface area (Å²) < 4.78 is 13.0. The lowest BCUT2D eigenvalue weighted by molar-refractivity contribution is -0.139. The lowest BCUT2D eigenvalue weighted by Gasteiger charge is -2.18. The molecule has 1 atom stereocenters. The third-order valence-electron chi connectivity index (χ3n) is 6.49. The minimum atomic E-state index is -1.18. The number of carboxylic acid groups (broad SMARTS) is 1. The van der Waals surface area contributed by atoms with E-state index in [1.807, 2.05) is 66.7 Å². The van der Waals surface area contributed by atoms with Crippen LogP contribution in [0.4, 0.5) is 4.79 Å². The van der Waals surface area contributed by atoms with Crippen LogP contribution in [0, 0.1) is 0 Å². The van der Waals surface area contributed by atoms with Crippen LogP contribution in [0.5, 0.6) is 0 Å². The molecule has 8 nitrogen and oxygen atoms in total. The Hall–Kier alpha value is -4.43. The maximum atomic E-state index is 12.6. The molecule has 0 radical (unpaired) electrons. The van der Waals surface area contributed by atoms with Crippen molar-refractivity contribution in [1.29, 1.82) is 0 Å². The van der Waals surface area contributed by atoms with Gasteiger partial charge in [0.15, 0.2) is 0 Å². The summed E-state index contributed by atoms with van der Waals surface area (Å²) in [5.41, 5.74) is 6.08. The van der Waals surface area contributed by atoms with Crippen molar-refractivity contribution < 1.29 is 24.2 Å². The fourth-order valence-electron chi connectivity index (χ4n) is 4.66. The van der Waals surface area contributed by atoms with Crippen molar-refractivity contribution in [2.45, 2.75) is 31.7 Å². The molecule has 3 aromatic carbocycles. The predicted octanol–water partition coefficient (Wildman–Crippen LogP) is 4.59. The van der Waals surface area contributed by atoms with E-state index in [1.54, 1.807) is 17.1 Å². The zero-order valence-corrected chi connectivity index (χ0v) is 20.1. The number of hydrogen-bond acceptors (Lipinski definition) is 5. The number of benzene rings is 3. The van der Waals surface area contributed by atoms with Gasteiger partial charge in [0.2, 0.25) is 0 Å². The standard InChI is InChI=1S/C29H27N3O5/c33-28(34)27(14-21-15-30-18-32(21)19-36-16-20-8-2-1-3-9-20)31-29(35)37-17-26-24-12-6-4-10-22(24)23-11-5-7-13-25(23)26/h1-13,15,18,26-27H,14,16-17,19H2,(H,31,35)(H,33,34). The second kappa shape index (κ2) is 11.1. The first-order valence-electron chi connectivity index (χ1n) is 12.0. The summed E-state index contributed by atoms with van der Waals surface area (Å²) >= 11 is 0. The van der Waals surface area contributed by atoms with Crippen LogP contribution in [0.15, 0.2) is 91.4 Å². The van der Waals surface area contributed by atoms with Crippen LogP contribution in [0.2, 0.25) is 0 Å². The SMILES string of the molecule is O=C(NC(Cc1cncn1COCc1ccccc1)C(=O)O)OCC1c2ccccc2-c2ccccc21. The minimum absolute atomic E-state index is 0.0359. The highest BCUT2D eigenvalue weighted by atomic mass is 16.5. The van der Waals surface area contributed by atoms with Gasteiger partial charge in [-0.3, -0.25) is 0 Å². The van der Waals surface area contributed by atoms with Crippen molar-refractivity contribution in [3.05, 3.63) is 114 Å². The van der Waals surface area contributed by atoms with Crippen LogP contribution in [-0.4, -0.2) is 39.4 Å². The molecule has 1 heterocycles. The predicted molar refractivity (Wildman–Crippen MR) is 137 cm³/mol. The van der Waals surface area contributed by atoms with Gasteiger partial charge in [-0.05, 0) is 27.8 Å². The Morgan fingerprint density at radius 2 is 1.59 bits per heavy atom. The van der Waals surface area contributed by atoms with Gasteiger partial charge in [0.05, 0.1) is 12.9 Å². The van der Waals surface area contributed by atoms with Gasteiger partial charge >= 0.3 is 12.1 Å². The van der Waals surface area contributed by atoms with Gasteiger partial charge < -0.3 is 24.5 Å². The van der Waals surface area contributed by atoms with Crippen molar-refractivity contribution in [2.24, 2.45) is 0 Å². The normalized spacial score (nSPS) is 13.0. The molecule has 0 saturated carbocycles. The number of fused-ring (bicyclic) bond motifs is 3. The molecule has 2 N–H and O–H groups in total. The summed E-state index contributed by atoms with van der Waals surface area (Å²) in [6.07, 6.45) is 2.41. The Morgan fingerprint density at radius 3 is 2.27 bits per heavy atom. The molecule has 8 heteroatoms. The maximum absolute atomic E-state index is 12.6. The largest absolute Gasteiger partial charge is 0.480 e. The second-order valence-electron chi connectivity index (χ2n) is 8.88. The number of nitrogens with zero attached hydrogens (tertiary/aromatic N) is 2. The minimum Gasteiger partial charge on any atom is -0.480 e. The number of carbonyl (C=O) groups is 2. The molecule has 0 bridgehead atoms. The van der Waals surface area contributed by atoms with E-state index in [0.717, 1.165) is 27.8 Å². The van der Waals surface area contributed by atoms with Crippen LogP contribution in [-0.2, 0) is 34.0 Å². The average molecular weight is 498 g/mol. The Morgan fingerprint density at radius 1 is 0.946 bits per heavy atom. The first-order valence-corrected chi connectivity index (χ1v) is 12.0. The zero-order chi connectivity index (χ0) is 25.6. The number of aromatic nitrogens is 2. The van der Waals surface area contributed by atoms with Gasteiger partial charge in [-0.15, -0.1) is 0 Å². The fourth-order valence-corrected chi connectivity index (χ4v) is 4.66. The highest BCUT2D eigenvalue weighted by Crippen LogP contribution is 2.44. The van der Waals surface area contributed by atoms with E-state index in [1.165, 1.54) is 0 Å². The first kappa shape index (κ1) is 24.3. The number of amides is 1. The Bertz CT molecular complexity index is 1340. The summed E-state index contributed by atoms with van der Waals surface area (Å²) in [6.45, 7) is 0.734. The average Bonchev–Trinajstić information content (AvgIpc) is 3.49. The number of nitrogens with one attached hydrogen (secondary N) is 1. The van der Waals surface area contributed by atoms with E-state index in [-0.39, 0.29) is 25.7 Å².